The number of fused-ring (bicyclic) bond motifs is 1. The first kappa shape index (κ1) is 27.2. The van der Waals surface area contributed by atoms with E-state index in [1.54, 1.807) is 14.1 Å². The van der Waals surface area contributed by atoms with E-state index in [0.29, 0.717) is 11.1 Å². The van der Waals surface area contributed by atoms with Gasteiger partial charge in [-0.2, -0.15) is 18.4 Å². The average molecular weight is 541 g/mol. The lowest BCUT2D eigenvalue weighted by Gasteiger charge is -2.36. The number of H-pyrrole nitrogens is 1. The summed E-state index contributed by atoms with van der Waals surface area (Å²) in [6, 6.07) is 9.72. The van der Waals surface area contributed by atoms with Gasteiger partial charge in [-0.3, -0.25) is 9.69 Å². The van der Waals surface area contributed by atoms with Crippen LogP contribution in [0.1, 0.15) is 35.2 Å². The first-order valence-corrected chi connectivity index (χ1v) is 11.6. The van der Waals surface area contributed by atoms with Gasteiger partial charge in [-0.25, -0.2) is 19.3 Å². The fourth-order valence-corrected chi connectivity index (χ4v) is 4.49. The molecule has 0 saturated heterocycles. The number of halogens is 3. The Morgan fingerprint density at radius 3 is 2.54 bits per heavy atom. The van der Waals surface area contributed by atoms with Gasteiger partial charge in [0.1, 0.15) is 6.04 Å². The fourth-order valence-electron chi connectivity index (χ4n) is 4.49. The maximum Gasteiger partial charge on any atom is 0.416 e. The predicted molar refractivity (Wildman–Crippen MR) is 133 cm³/mol. The first-order valence-electron chi connectivity index (χ1n) is 11.6. The highest BCUT2D eigenvalue weighted by Crippen LogP contribution is 2.43. The zero-order valence-corrected chi connectivity index (χ0v) is 21.3. The second-order valence-electron chi connectivity index (χ2n) is 8.97. The van der Waals surface area contributed by atoms with Crippen molar-refractivity contribution in [2.24, 2.45) is 0 Å². The molecule has 1 unspecified atom stereocenters. The van der Waals surface area contributed by atoms with E-state index in [9.17, 15) is 32.8 Å². The molecule has 1 N–H and O–H groups in total. The molecule has 0 spiro atoms. The maximum atomic E-state index is 13.5. The molecule has 1 atom stereocenters. The Hall–Kier alpha value is -4.86. The van der Waals surface area contributed by atoms with Crippen molar-refractivity contribution >= 4 is 23.5 Å². The van der Waals surface area contributed by atoms with Crippen LogP contribution in [0.3, 0.4) is 0 Å². The number of anilines is 2. The molecule has 0 aliphatic carbocycles. The summed E-state index contributed by atoms with van der Waals surface area (Å²) in [4.78, 5) is 41.6. The second-order valence-corrected chi connectivity index (χ2v) is 8.97. The van der Waals surface area contributed by atoms with Crippen LogP contribution in [0, 0.1) is 11.3 Å². The van der Waals surface area contributed by atoms with E-state index in [1.165, 1.54) is 47.1 Å². The molecular formula is C26H23F3N6O4. The topological polar surface area (TPSA) is 124 Å². The SMILES string of the molecule is COC(=O)C1=C(C)N(c2cccc(C(F)(F)F)c2)c2n[nH]c(=O)n2C1c1ccc(C#N)cc1CC(=O)N(C)C. The quantitative estimate of drug-likeness (QED) is 0.493. The highest BCUT2D eigenvalue weighted by Gasteiger charge is 2.41. The molecule has 4 rings (SSSR count). The summed E-state index contributed by atoms with van der Waals surface area (Å²) in [6.07, 6.45) is -4.79. The van der Waals surface area contributed by atoms with E-state index in [0.717, 1.165) is 23.8 Å². The van der Waals surface area contributed by atoms with E-state index in [4.69, 9.17) is 4.74 Å². The monoisotopic (exact) mass is 540 g/mol. The third-order valence-electron chi connectivity index (χ3n) is 6.39. The molecule has 3 aromatic rings. The number of amides is 1. The van der Waals surface area contributed by atoms with E-state index in [-0.39, 0.29) is 40.8 Å². The third kappa shape index (κ3) is 4.88. The first-order chi connectivity index (χ1) is 18.4. The molecule has 0 bridgehead atoms. The van der Waals surface area contributed by atoms with Crippen molar-refractivity contribution in [2.45, 2.75) is 25.6 Å². The van der Waals surface area contributed by atoms with E-state index >= 15 is 0 Å². The molecule has 2 aromatic carbocycles. The minimum absolute atomic E-state index is 0.00488. The summed E-state index contributed by atoms with van der Waals surface area (Å²) < 4.78 is 46.7. The maximum absolute atomic E-state index is 13.5. The lowest BCUT2D eigenvalue weighted by molar-refractivity contribution is -0.138. The van der Waals surface area contributed by atoms with Crippen molar-refractivity contribution in [3.63, 3.8) is 0 Å². The smallest absolute Gasteiger partial charge is 0.416 e. The molecule has 0 saturated carbocycles. The zero-order chi connectivity index (χ0) is 28.6. The Balaban J connectivity index is 2.02. The second kappa shape index (κ2) is 10.1. The number of rotatable bonds is 5. The van der Waals surface area contributed by atoms with E-state index < -0.39 is 29.4 Å². The molecule has 0 fully saturated rings. The molecule has 2 heterocycles. The largest absolute Gasteiger partial charge is 0.466 e. The predicted octanol–water partition coefficient (Wildman–Crippen LogP) is 3.28. The number of hydrogen-bond acceptors (Lipinski definition) is 7. The highest BCUT2D eigenvalue weighted by atomic mass is 19.4. The lowest BCUT2D eigenvalue weighted by Crippen LogP contribution is -2.38. The van der Waals surface area contributed by atoms with Gasteiger partial charge in [0.2, 0.25) is 11.9 Å². The summed E-state index contributed by atoms with van der Waals surface area (Å²) in [5, 5.41) is 15.8. The number of likely N-dealkylation sites (N-methyl/N-ethyl adjacent to an activating group) is 1. The van der Waals surface area contributed by atoms with Crippen LogP contribution >= 0.6 is 0 Å². The van der Waals surface area contributed by atoms with Crippen molar-refractivity contribution in [2.75, 3.05) is 26.1 Å². The number of ether oxygens (including phenoxy) is 1. The summed E-state index contributed by atoms with van der Waals surface area (Å²) >= 11 is 0. The van der Waals surface area contributed by atoms with Crippen LogP contribution in [0.5, 0.6) is 0 Å². The number of aromatic nitrogens is 3. The molecule has 0 radical (unpaired) electrons. The standard InChI is InChI=1S/C26H23F3N6O4/c1-14-21(23(37)39-4)22(19-9-8-15(13-30)10-16(19)11-20(36)33(2)3)35-24(31-32-25(35)38)34(14)18-7-5-6-17(12-18)26(27,28)29/h5-10,12,22H,11H2,1-4H3,(H,32,38). The number of nitrogens with one attached hydrogen (secondary N) is 1. The van der Waals surface area contributed by atoms with Crippen LogP contribution in [-0.2, 0) is 26.9 Å². The molecule has 10 nitrogen and oxygen atoms in total. The normalized spacial score (nSPS) is 15.0. The van der Waals surface area contributed by atoms with Crippen molar-refractivity contribution in [3.05, 3.63) is 86.5 Å². The van der Waals surface area contributed by atoms with Crippen LogP contribution < -0.4 is 10.6 Å². The Morgan fingerprint density at radius 2 is 1.92 bits per heavy atom. The number of hydrogen-bond donors (Lipinski definition) is 1. The molecule has 1 aliphatic rings. The average Bonchev–Trinajstić information content (AvgIpc) is 3.27. The van der Waals surface area contributed by atoms with Crippen LogP contribution in [0.25, 0.3) is 0 Å². The molecule has 1 amide bonds. The Labute approximate surface area is 220 Å². The number of nitrogens with zero attached hydrogens (tertiary/aromatic N) is 5. The van der Waals surface area contributed by atoms with Crippen LogP contribution in [0.15, 0.2) is 58.5 Å². The molecule has 1 aromatic heterocycles. The van der Waals surface area contributed by atoms with Gasteiger partial charge < -0.3 is 9.64 Å². The summed E-state index contributed by atoms with van der Waals surface area (Å²) in [5.41, 5.74) is -0.616. The van der Waals surface area contributed by atoms with Gasteiger partial charge in [0.05, 0.1) is 36.3 Å². The lowest BCUT2D eigenvalue weighted by atomic mass is 9.89. The Morgan fingerprint density at radius 1 is 1.21 bits per heavy atom. The number of benzene rings is 2. The number of esters is 1. The fraction of sp³-hybridized carbons (Fsp3) is 0.269. The number of nitriles is 1. The van der Waals surface area contributed by atoms with Crippen molar-refractivity contribution in [3.8, 4) is 6.07 Å². The number of carbonyl (C=O) groups is 2. The van der Waals surface area contributed by atoms with Gasteiger partial charge in [-0.1, -0.05) is 12.1 Å². The Kier molecular flexibility index (Phi) is 7.06. The van der Waals surface area contributed by atoms with Gasteiger partial charge in [-0.05, 0) is 48.4 Å². The summed E-state index contributed by atoms with van der Waals surface area (Å²) in [5.74, 6) is -1.22. The molecule has 13 heteroatoms. The molecule has 202 valence electrons. The van der Waals surface area contributed by atoms with Gasteiger partial charge in [-0.15, -0.1) is 5.10 Å². The van der Waals surface area contributed by atoms with Crippen molar-refractivity contribution < 1.29 is 27.5 Å². The number of carbonyl (C=O) groups excluding carboxylic acids is 2. The van der Waals surface area contributed by atoms with Crippen LogP contribution in [-0.4, -0.2) is 52.7 Å². The minimum Gasteiger partial charge on any atom is -0.466 e. The minimum atomic E-state index is -4.64. The van der Waals surface area contributed by atoms with E-state index in [2.05, 4.69) is 10.2 Å². The molecule has 39 heavy (non-hydrogen) atoms. The van der Waals surface area contributed by atoms with Crippen molar-refractivity contribution in [1.82, 2.24) is 19.7 Å². The van der Waals surface area contributed by atoms with Gasteiger partial charge in [0.15, 0.2) is 0 Å². The summed E-state index contributed by atoms with van der Waals surface area (Å²) in [6.45, 7) is 1.50. The van der Waals surface area contributed by atoms with E-state index in [1.807, 2.05) is 6.07 Å². The van der Waals surface area contributed by atoms with Crippen molar-refractivity contribution in [1.29, 1.82) is 5.26 Å². The number of allylic oxidation sites excluding steroid dienone is 1. The molecular weight excluding hydrogens is 517 g/mol. The van der Waals surface area contributed by atoms with Gasteiger partial charge in [0.25, 0.3) is 0 Å². The van der Waals surface area contributed by atoms with Crippen LogP contribution in [0.2, 0.25) is 0 Å². The third-order valence-corrected chi connectivity index (χ3v) is 6.39. The number of aromatic amines is 1. The van der Waals surface area contributed by atoms with Crippen LogP contribution in [0.4, 0.5) is 24.8 Å². The zero-order valence-electron chi connectivity index (χ0n) is 21.3. The highest BCUT2D eigenvalue weighted by molar-refractivity contribution is 5.94. The summed E-state index contributed by atoms with van der Waals surface area (Å²) in [7, 11) is 4.26. The number of methoxy groups -OCH3 is 1. The van der Waals surface area contributed by atoms with Gasteiger partial charge >= 0.3 is 17.8 Å². The van der Waals surface area contributed by atoms with Gasteiger partial charge in [0, 0.05) is 25.5 Å². The molecule has 1 aliphatic heterocycles. The number of alkyl halides is 3. The Bertz CT molecular complexity index is 1600.